The van der Waals surface area contributed by atoms with Gasteiger partial charge in [-0.25, -0.2) is 8.42 Å². The summed E-state index contributed by atoms with van der Waals surface area (Å²) < 4.78 is 31.4. The Hall–Kier alpha value is -1.60. The summed E-state index contributed by atoms with van der Waals surface area (Å²) in [7, 11) is -3.60. The first-order chi connectivity index (χ1) is 9.07. The zero-order valence-corrected chi connectivity index (χ0v) is 11.1. The number of ether oxygens (including phenoxy) is 1. The molecule has 2 aliphatic heterocycles. The first-order valence-electron chi connectivity index (χ1n) is 6.10. The zero-order chi connectivity index (χ0) is 13.5. The van der Waals surface area contributed by atoms with Gasteiger partial charge < -0.3 is 10.1 Å². The number of carbonyl (C=O) groups is 1. The molecule has 0 unspecified atom stereocenters. The Morgan fingerprint density at radius 3 is 2.95 bits per heavy atom. The molecule has 1 fully saturated rings. The predicted molar refractivity (Wildman–Crippen MR) is 67.4 cm³/mol. The van der Waals surface area contributed by atoms with E-state index in [2.05, 4.69) is 5.32 Å². The van der Waals surface area contributed by atoms with Crippen molar-refractivity contribution in [2.45, 2.75) is 11.3 Å². The maximum Gasteiger partial charge on any atom is 0.243 e. The molecule has 0 aliphatic carbocycles. The second-order valence-corrected chi connectivity index (χ2v) is 6.49. The van der Waals surface area contributed by atoms with Crippen molar-refractivity contribution >= 4 is 15.9 Å². The highest BCUT2D eigenvalue weighted by atomic mass is 32.2. The second kappa shape index (κ2) is 4.50. The monoisotopic (exact) mass is 282 g/mol. The summed E-state index contributed by atoms with van der Waals surface area (Å²) in [4.78, 5) is 11.5. The molecule has 19 heavy (non-hydrogen) atoms. The number of carbonyl (C=O) groups excluding carboxylic acids is 1. The van der Waals surface area contributed by atoms with Crippen LogP contribution in [0.15, 0.2) is 23.1 Å². The first-order valence-corrected chi connectivity index (χ1v) is 7.54. The number of nitrogens with zero attached hydrogens (tertiary/aromatic N) is 1. The molecule has 0 bridgehead atoms. The van der Waals surface area contributed by atoms with Gasteiger partial charge in [-0.1, -0.05) is 0 Å². The molecule has 0 spiro atoms. The fourth-order valence-electron chi connectivity index (χ4n) is 2.29. The van der Waals surface area contributed by atoms with Crippen molar-refractivity contribution < 1.29 is 17.9 Å². The fraction of sp³-hybridized carbons (Fsp3) is 0.417. The first kappa shape index (κ1) is 12.4. The highest BCUT2D eigenvalue weighted by molar-refractivity contribution is 7.89. The number of hydrogen-bond acceptors (Lipinski definition) is 4. The zero-order valence-electron chi connectivity index (χ0n) is 10.3. The van der Waals surface area contributed by atoms with Crippen molar-refractivity contribution in [3.05, 3.63) is 23.8 Å². The maximum absolute atomic E-state index is 12.4. The molecule has 1 saturated heterocycles. The Kier molecular flexibility index (Phi) is 2.94. The smallest absolute Gasteiger partial charge is 0.243 e. The summed E-state index contributed by atoms with van der Waals surface area (Å²) in [6, 6.07) is 4.86. The normalized spacial score (nSPS) is 19.7. The number of piperazine rings is 1. The second-order valence-electron chi connectivity index (χ2n) is 4.56. The van der Waals surface area contributed by atoms with Crippen LogP contribution >= 0.6 is 0 Å². The Morgan fingerprint density at radius 2 is 2.16 bits per heavy atom. The molecule has 2 heterocycles. The van der Waals surface area contributed by atoms with Gasteiger partial charge in [0, 0.05) is 19.5 Å². The fourth-order valence-corrected chi connectivity index (χ4v) is 3.74. The van der Waals surface area contributed by atoms with Crippen LogP contribution in [0, 0.1) is 0 Å². The molecule has 102 valence electrons. The summed E-state index contributed by atoms with van der Waals surface area (Å²) in [5, 5.41) is 2.61. The Bertz CT molecular complexity index is 627. The van der Waals surface area contributed by atoms with E-state index in [1.165, 1.54) is 10.4 Å². The summed E-state index contributed by atoms with van der Waals surface area (Å²) >= 11 is 0. The Balaban J connectivity index is 1.93. The van der Waals surface area contributed by atoms with Gasteiger partial charge in [-0.05, 0) is 23.8 Å². The topological polar surface area (TPSA) is 75.7 Å². The van der Waals surface area contributed by atoms with Crippen LogP contribution < -0.4 is 10.1 Å². The van der Waals surface area contributed by atoms with Gasteiger partial charge in [0.2, 0.25) is 15.9 Å². The van der Waals surface area contributed by atoms with Gasteiger partial charge in [-0.2, -0.15) is 4.31 Å². The largest absolute Gasteiger partial charge is 0.493 e. The van der Waals surface area contributed by atoms with Gasteiger partial charge in [0.25, 0.3) is 0 Å². The van der Waals surface area contributed by atoms with Gasteiger partial charge in [-0.15, -0.1) is 0 Å². The van der Waals surface area contributed by atoms with E-state index in [-0.39, 0.29) is 17.3 Å². The number of sulfonamides is 1. The van der Waals surface area contributed by atoms with Crippen LogP contribution in [0.5, 0.6) is 5.75 Å². The van der Waals surface area contributed by atoms with Gasteiger partial charge in [-0.3, -0.25) is 4.79 Å². The molecule has 2 aliphatic rings. The lowest BCUT2D eigenvalue weighted by molar-refractivity contribution is -0.122. The molecule has 1 amide bonds. The summed E-state index contributed by atoms with van der Waals surface area (Å²) in [5.41, 5.74) is 0.905. The molecule has 0 saturated carbocycles. The lowest BCUT2D eigenvalue weighted by atomic mass is 10.2. The van der Waals surface area contributed by atoms with Crippen molar-refractivity contribution in [3.8, 4) is 5.75 Å². The molecule has 0 atom stereocenters. The van der Waals surface area contributed by atoms with Crippen LogP contribution in [0.1, 0.15) is 5.56 Å². The van der Waals surface area contributed by atoms with E-state index in [1.807, 2.05) is 0 Å². The molecule has 3 rings (SSSR count). The molecule has 0 aromatic heterocycles. The summed E-state index contributed by atoms with van der Waals surface area (Å²) in [5.74, 6) is 0.481. The predicted octanol–water partition coefficient (Wildman–Crippen LogP) is -0.258. The standard InChI is InChI=1S/C12H14N2O4S/c15-12-8-14(5-4-13-12)19(16,17)10-1-2-11-9(7-10)3-6-18-11/h1-2,7H,3-6,8H2,(H,13,15). The quantitative estimate of drug-likeness (QED) is 0.811. The van der Waals surface area contributed by atoms with Crippen molar-refractivity contribution in [3.63, 3.8) is 0 Å². The van der Waals surface area contributed by atoms with Crippen LogP contribution in [0.2, 0.25) is 0 Å². The molecule has 7 heteroatoms. The third-order valence-electron chi connectivity index (χ3n) is 3.30. The molecule has 1 aromatic rings. The molecular formula is C12H14N2O4S. The van der Waals surface area contributed by atoms with E-state index in [4.69, 9.17) is 4.74 Å². The number of fused-ring (bicyclic) bond motifs is 1. The molecule has 1 N–H and O–H groups in total. The molecule has 0 radical (unpaired) electrons. The number of benzene rings is 1. The number of hydrogen-bond donors (Lipinski definition) is 1. The average Bonchev–Trinajstić information content (AvgIpc) is 2.85. The van der Waals surface area contributed by atoms with Crippen molar-refractivity contribution in [2.24, 2.45) is 0 Å². The van der Waals surface area contributed by atoms with Crippen LogP contribution in [-0.4, -0.2) is 44.9 Å². The van der Waals surface area contributed by atoms with Gasteiger partial charge in [0.15, 0.2) is 0 Å². The number of rotatable bonds is 2. The lowest BCUT2D eigenvalue weighted by Crippen LogP contribution is -2.49. The SMILES string of the molecule is O=C1CN(S(=O)(=O)c2ccc3c(c2)CCO3)CCN1. The highest BCUT2D eigenvalue weighted by Gasteiger charge is 2.30. The Morgan fingerprint density at radius 1 is 1.32 bits per heavy atom. The third kappa shape index (κ3) is 2.19. The minimum atomic E-state index is -3.60. The molecular weight excluding hydrogens is 268 g/mol. The van der Waals surface area contributed by atoms with Crippen molar-refractivity contribution in [1.82, 2.24) is 9.62 Å². The van der Waals surface area contributed by atoms with Gasteiger partial charge >= 0.3 is 0 Å². The Labute approximate surface area is 111 Å². The third-order valence-corrected chi connectivity index (χ3v) is 5.14. The van der Waals surface area contributed by atoms with Crippen LogP contribution in [-0.2, 0) is 21.2 Å². The van der Waals surface area contributed by atoms with E-state index in [0.717, 1.165) is 17.7 Å². The maximum atomic E-state index is 12.4. The highest BCUT2D eigenvalue weighted by Crippen LogP contribution is 2.28. The van der Waals surface area contributed by atoms with Gasteiger partial charge in [0.1, 0.15) is 5.75 Å². The van der Waals surface area contributed by atoms with Gasteiger partial charge in [0.05, 0.1) is 18.0 Å². The number of nitrogens with one attached hydrogen (secondary N) is 1. The lowest BCUT2D eigenvalue weighted by Gasteiger charge is -2.26. The van der Waals surface area contributed by atoms with E-state index in [9.17, 15) is 13.2 Å². The minimum Gasteiger partial charge on any atom is -0.493 e. The van der Waals surface area contributed by atoms with Crippen molar-refractivity contribution in [2.75, 3.05) is 26.2 Å². The van der Waals surface area contributed by atoms with E-state index in [1.54, 1.807) is 12.1 Å². The molecule has 1 aromatic carbocycles. The van der Waals surface area contributed by atoms with Crippen LogP contribution in [0.4, 0.5) is 0 Å². The summed E-state index contributed by atoms with van der Waals surface area (Å²) in [6.07, 6.45) is 0.721. The van der Waals surface area contributed by atoms with Crippen molar-refractivity contribution in [1.29, 1.82) is 0 Å². The number of amides is 1. The summed E-state index contributed by atoms with van der Waals surface area (Å²) in [6.45, 7) is 1.13. The minimum absolute atomic E-state index is 0.115. The van der Waals surface area contributed by atoms with E-state index in [0.29, 0.717) is 19.7 Å². The van der Waals surface area contributed by atoms with Crippen LogP contribution in [0.25, 0.3) is 0 Å². The average molecular weight is 282 g/mol. The van der Waals surface area contributed by atoms with E-state index < -0.39 is 10.0 Å². The molecule has 6 nitrogen and oxygen atoms in total. The van der Waals surface area contributed by atoms with E-state index >= 15 is 0 Å². The van der Waals surface area contributed by atoms with Crippen LogP contribution in [0.3, 0.4) is 0 Å².